The lowest BCUT2D eigenvalue weighted by Gasteiger charge is -2.16. The first-order valence-electron chi connectivity index (χ1n) is 10.1. The summed E-state index contributed by atoms with van der Waals surface area (Å²) in [5.41, 5.74) is 2.34. The van der Waals surface area contributed by atoms with Crippen LogP contribution in [0.3, 0.4) is 0 Å². The van der Waals surface area contributed by atoms with Gasteiger partial charge in [0.15, 0.2) is 11.5 Å². The largest absolute Gasteiger partial charge is 0.489 e. The molecule has 0 saturated carbocycles. The molecule has 4 rings (SSSR count). The zero-order valence-electron chi connectivity index (χ0n) is 17.1. The van der Waals surface area contributed by atoms with Gasteiger partial charge in [-0.25, -0.2) is 0 Å². The maximum Gasteiger partial charge on any atom is 0.255 e. The summed E-state index contributed by atoms with van der Waals surface area (Å²) in [6.45, 7) is 2.84. The first kappa shape index (κ1) is 21.2. The number of ether oxygens (including phenoxy) is 2. The molecule has 0 spiro atoms. The van der Waals surface area contributed by atoms with Crippen LogP contribution in [0.5, 0.6) is 11.5 Å². The fraction of sp³-hybridized carbons (Fsp3) is 0.115. The van der Waals surface area contributed by atoms with Crippen LogP contribution in [0.4, 0.5) is 5.69 Å². The maximum absolute atomic E-state index is 13.1. The molecule has 0 atom stereocenters. The topological polar surface area (TPSA) is 47.6 Å². The highest BCUT2D eigenvalue weighted by Crippen LogP contribution is 2.35. The van der Waals surface area contributed by atoms with Crippen LogP contribution < -0.4 is 14.8 Å². The molecule has 5 heteroatoms. The summed E-state index contributed by atoms with van der Waals surface area (Å²) in [6, 6.07) is 27.3. The third-order valence-corrected chi connectivity index (χ3v) is 5.64. The number of rotatable bonds is 7. The highest BCUT2D eigenvalue weighted by Gasteiger charge is 2.17. The van der Waals surface area contributed by atoms with Crippen molar-refractivity contribution in [2.75, 3.05) is 11.9 Å². The molecule has 0 unspecified atom stereocenters. The number of anilines is 1. The van der Waals surface area contributed by atoms with E-state index in [9.17, 15) is 4.79 Å². The van der Waals surface area contributed by atoms with Crippen LogP contribution in [0.2, 0.25) is 0 Å². The number of hydrogen-bond acceptors (Lipinski definition) is 3. The van der Waals surface area contributed by atoms with Crippen LogP contribution in [-0.2, 0) is 6.61 Å². The zero-order valence-corrected chi connectivity index (χ0v) is 19.3. The average Bonchev–Trinajstić information content (AvgIpc) is 2.80. The summed E-state index contributed by atoms with van der Waals surface area (Å²) < 4.78 is 12.7. The Morgan fingerprint density at radius 2 is 1.65 bits per heavy atom. The van der Waals surface area contributed by atoms with Crippen molar-refractivity contribution in [2.24, 2.45) is 0 Å². The zero-order chi connectivity index (χ0) is 21.6. The predicted molar refractivity (Wildman–Crippen MR) is 133 cm³/mol. The summed E-state index contributed by atoms with van der Waals surface area (Å²) >= 11 is 2.18. The monoisotopic (exact) mass is 523 g/mol. The van der Waals surface area contributed by atoms with Crippen LogP contribution in [-0.4, -0.2) is 12.5 Å². The number of benzene rings is 4. The van der Waals surface area contributed by atoms with Crippen LogP contribution in [0.25, 0.3) is 10.8 Å². The predicted octanol–water partition coefficient (Wildman–Crippen LogP) is 6.67. The Bertz CT molecular complexity index is 1200. The third kappa shape index (κ3) is 4.99. The van der Waals surface area contributed by atoms with Crippen LogP contribution in [0.1, 0.15) is 22.8 Å². The van der Waals surface area contributed by atoms with Crippen LogP contribution in [0, 0.1) is 3.57 Å². The van der Waals surface area contributed by atoms with Crippen molar-refractivity contribution in [2.45, 2.75) is 13.5 Å². The van der Waals surface area contributed by atoms with Gasteiger partial charge in [0.05, 0.1) is 10.2 Å². The first-order valence-corrected chi connectivity index (χ1v) is 11.2. The van der Waals surface area contributed by atoms with Gasteiger partial charge >= 0.3 is 0 Å². The lowest BCUT2D eigenvalue weighted by atomic mass is 10.1. The van der Waals surface area contributed by atoms with Crippen molar-refractivity contribution in [3.05, 3.63) is 99.6 Å². The van der Waals surface area contributed by atoms with Crippen LogP contribution >= 0.6 is 22.6 Å². The molecule has 1 amide bonds. The number of fused-ring (bicyclic) bond motifs is 1. The Labute approximate surface area is 195 Å². The Morgan fingerprint density at radius 3 is 2.45 bits per heavy atom. The minimum atomic E-state index is -0.193. The summed E-state index contributed by atoms with van der Waals surface area (Å²) in [6.07, 6.45) is 0. The van der Waals surface area contributed by atoms with E-state index < -0.39 is 0 Å². The summed E-state index contributed by atoms with van der Waals surface area (Å²) in [5, 5.41) is 5.12. The van der Waals surface area contributed by atoms with E-state index in [1.54, 1.807) is 6.07 Å². The van der Waals surface area contributed by atoms with E-state index in [1.165, 1.54) is 0 Å². The molecule has 31 heavy (non-hydrogen) atoms. The smallest absolute Gasteiger partial charge is 0.255 e. The molecule has 4 nitrogen and oxygen atoms in total. The van der Waals surface area contributed by atoms with E-state index in [1.807, 2.05) is 85.8 Å². The first-order chi connectivity index (χ1) is 15.2. The van der Waals surface area contributed by atoms with Gasteiger partial charge in [-0.05, 0) is 58.7 Å². The quantitative estimate of drug-likeness (QED) is 0.275. The average molecular weight is 523 g/mol. The Balaban J connectivity index is 1.62. The standard InChI is InChI=1S/C26H22INO3/c1-2-30-25-22(27)15-20(16-24(25)31-17-18-9-4-3-5-10-18)26(29)28-23-14-8-12-19-11-6-7-13-21(19)23/h3-16H,2,17H2,1H3,(H,28,29). The highest BCUT2D eigenvalue weighted by atomic mass is 127. The molecule has 156 valence electrons. The van der Waals surface area contributed by atoms with Gasteiger partial charge in [-0.2, -0.15) is 0 Å². The van der Waals surface area contributed by atoms with Gasteiger partial charge in [0.25, 0.3) is 5.91 Å². The number of nitrogens with one attached hydrogen (secondary N) is 1. The second-order valence-electron chi connectivity index (χ2n) is 6.97. The van der Waals surface area contributed by atoms with E-state index in [2.05, 4.69) is 27.9 Å². The van der Waals surface area contributed by atoms with Crippen molar-refractivity contribution in [1.29, 1.82) is 0 Å². The highest BCUT2D eigenvalue weighted by molar-refractivity contribution is 14.1. The Hall–Kier alpha value is -3.06. The molecular weight excluding hydrogens is 501 g/mol. The normalized spacial score (nSPS) is 10.6. The second kappa shape index (κ2) is 9.83. The lowest BCUT2D eigenvalue weighted by molar-refractivity contribution is 0.102. The third-order valence-electron chi connectivity index (χ3n) is 4.84. The number of hydrogen-bond donors (Lipinski definition) is 1. The van der Waals surface area contributed by atoms with Crippen molar-refractivity contribution in [3.63, 3.8) is 0 Å². The lowest BCUT2D eigenvalue weighted by Crippen LogP contribution is -2.13. The van der Waals surface area contributed by atoms with Gasteiger partial charge in [0.1, 0.15) is 6.61 Å². The molecule has 0 bridgehead atoms. The SMILES string of the molecule is CCOc1c(I)cc(C(=O)Nc2cccc3ccccc23)cc1OCc1ccccc1. The molecule has 0 heterocycles. The molecule has 0 aliphatic carbocycles. The molecule has 1 N–H and O–H groups in total. The minimum Gasteiger partial charge on any atom is -0.489 e. The number of halogens is 1. The minimum absolute atomic E-state index is 0.193. The fourth-order valence-electron chi connectivity index (χ4n) is 3.36. The number of carbonyl (C=O) groups excluding carboxylic acids is 1. The molecular formula is C26H22INO3. The Morgan fingerprint density at radius 1 is 0.903 bits per heavy atom. The Kier molecular flexibility index (Phi) is 6.72. The van der Waals surface area contributed by atoms with Crippen molar-refractivity contribution in [3.8, 4) is 11.5 Å². The molecule has 0 fully saturated rings. The maximum atomic E-state index is 13.1. The van der Waals surface area contributed by atoms with Crippen molar-refractivity contribution < 1.29 is 14.3 Å². The molecule has 0 aromatic heterocycles. The van der Waals surface area contributed by atoms with Gasteiger partial charge in [0.2, 0.25) is 0 Å². The molecule has 4 aromatic carbocycles. The van der Waals surface area contributed by atoms with Gasteiger partial charge < -0.3 is 14.8 Å². The van der Waals surface area contributed by atoms with E-state index in [4.69, 9.17) is 9.47 Å². The molecule has 0 saturated heterocycles. The second-order valence-corrected chi connectivity index (χ2v) is 8.14. The van der Waals surface area contributed by atoms with E-state index in [0.717, 1.165) is 25.6 Å². The summed E-state index contributed by atoms with van der Waals surface area (Å²) in [5.74, 6) is 1.02. The van der Waals surface area contributed by atoms with Gasteiger partial charge in [-0.15, -0.1) is 0 Å². The van der Waals surface area contributed by atoms with Crippen LogP contribution in [0.15, 0.2) is 84.9 Å². The van der Waals surface area contributed by atoms with E-state index in [-0.39, 0.29) is 5.91 Å². The van der Waals surface area contributed by atoms with Gasteiger partial charge in [-0.3, -0.25) is 4.79 Å². The fourth-order valence-corrected chi connectivity index (χ4v) is 4.11. The van der Waals surface area contributed by atoms with Crippen molar-refractivity contribution in [1.82, 2.24) is 0 Å². The number of carbonyl (C=O) groups is 1. The number of amides is 1. The van der Waals surface area contributed by atoms with Gasteiger partial charge in [-0.1, -0.05) is 66.7 Å². The van der Waals surface area contributed by atoms with Gasteiger partial charge in [0, 0.05) is 16.6 Å². The van der Waals surface area contributed by atoms with E-state index >= 15 is 0 Å². The summed E-state index contributed by atoms with van der Waals surface area (Å²) in [4.78, 5) is 13.1. The van der Waals surface area contributed by atoms with Crippen molar-refractivity contribution >= 4 is 45.0 Å². The molecule has 4 aromatic rings. The molecule has 0 aliphatic rings. The molecule has 0 radical (unpaired) electrons. The van der Waals surface area contributed by atoms with E-state index in [0.29, 0.717) is 30.3 Å². The molecule has 0 aliphatic heterocycles. The summed E-state index contributed by atoms with van der Waals surface area (Å²) in [7, 11) is 0.